The summed E-state index contributed by atoms with van der Waals surface area (Å²) in [6.07, 6.45) is 6.10. The normalized spacial score (nSPS) is 21.1. The van der Waals surface area contributed by atoms with E-state index < -0.39 is 18.0 Å². The molecule has 52 heavy (non-hydrogen) atoms. The van der Waals surface area contributed by atoms with Crippen LogP contribution in [0.25, 0.3) is 17.4 Å². The number of carboxylic acid groups (broad SMARTS) is 1. The van der Waals surface area contributed by atoms with Crippen molar-refractivity contribution < 1.29 is 38.5 Å². The van der Waals surface area contributed by atoms with Gasteiger partial charge in [0, 0.05) is 36.7 Å². The topological polar surface area (TPSA) is 151 Å². The number of thiocarbonyl (C=S) groups is 1. The summed E-state index contributed by atoms with van der Waals surface area (Å²) in [6.45, 7) is 6.12. The van der Waals surface area contributed by atoms with Crippen molar-refractivity contribution in [2.45, 2.75) is 83.4 Å². The van der Waals surface area contributed by atoms with E-state index >= 15 is 0 Å². The molecular formula is C39H45N3O8S2. The average Bonchev–Trinajstić information content (AvgIpc) is 3.87. The van der Waals surface area contributed by atoms with Gasteiger partial charge in [0.2, 0.25) is 5.91 Å². The van der Waals surface area contributed by atoms with Crippen LogP contribution in [0.2, 0.25) is 0 Å². The largest absolute Gasteiger partial charge is 0.508 e. The number of furan rings is 1. The minimum absolute atomic E-state index is 0.0157. The molecule has 3 unspecified atom stereocenters. The summed E-state index contributed by atoms with van der Waals surface area (Å²) < 4.78 is 18.1. The van der Waals surface area contributed by atoms with Crippen LogP contribution in [0.5, 0.6) is 17.2 Å². The number of aromatic hydroxyl groups is 1. The fourth-order valence-corrected chi connectivity index (χ4v) is 8.76. The molecule has 2 aliphatic carbocycles. The van der Waals surface area contributed by atoms with Crippen molar-refractivity contribution in [2.24, 2.45) is 11.8 Å². The molecule has 3 aliphatic rings. The maximum absolute atomic E-state index is 13.7. The van der Waals surface area contributed by atoms with Crippen molar-refractivity contribution in [1.29, 1.82) is 0 Å². The number of carbonyl (C=O) groups is 3. The number of amides is 3. The van der Waals surface area contributed by atoms with Crippen molar-refractivity contribution in [1.82, 2.24) is 15.5 Å². The Morgan fingerprint density at radius 1 is 1.12 bits per heavy atom. The fourth-order valence-electron chi connectivity index (χ4n) is 7.41. The number of aryl methyl sites for hydroxylation is 1. The zero-order valence-corrected chi connectivity index (χ0v) is 31.4. The molecule has 3 fully saturated rings. The van der Waals surface area contributed by atoms with Crippen LogP contribution in [-0.4, -0.2) is 68.7 Å². The van der Waals surface area contributed by atoms with Gasteiger partial charge in [-0.1, -0.05) is 42.5 Å². The van der Waals surface area contributed by atoms with E-state index in [2.05, 4.69) is 10.6 Å². The lowest BCUT2D eigenvalue weighted by molar-refractivity contribution is -0.124. The highest BCUT2D eigenvalue weighted by Gasteiger charge is 2.48. The third kappa shape index (κ3) is 8.92. The van der Waals surface area contributed by atoms with E-state index in [1.165, 1.54) is 31.4 Å². The summed E-state index contributed by atoms with van der Waals surface area (Å²) in [5.74, 6) is 2.74. The number of benzene rings is 2. The number of hydrogen-bond acceptors (Lipinski definition) is 9. The smallest absolute Gasteiger partial charge is 0.405 e. The Kier molecular flexibility index (Phi) is 11.2. The third-order valence-electron chi connectivity index (χ3n) is 9.69. The second-order valence-electron chi connectivity index (χ2n) is 14.7. The number of hydrogen-bond donors (Lipinski definition) is 4. The van der Waals surface area contributed by atoms with Gasteiger partial charge in [0.05, 0.1) is 12.0 Å². The van der Waals surface area contributed by atoms with Crippen LogP contribution in [0, 0.1) is 11.8 Å². The molecule has 0 radical (unpaired) electrons. The van der Waals surface area contributed by atoms with E-state index in [0.717, 1.165) is 30.4 Å². The maximum Gasteiger partial charge on any atom is 0.405 e. The number of nitrogens with zero attached hydrogens (tertiary/aromatic N) is 1. The predicted molar refractivity (Wildman–Crippen MR) is 203 cm³/mol. The number of phenols is 1. The summed E-state index contributed by atoms with van der Waals surface area (Å²) in [7, 11) is 1.51. The molecule has 2 aromatic carbocycles. The first-order valence-electron chi connectivity index (χ1n) is 17.6. The van der Waals surface area contributed by atoms with Crippen LogP contribution in [0.1, 0.15) is 69.8 Å². The highest BCUT2D eigenvalue weighted by Crippen LogP contribution is 2.49. The highest BCUT2D eigenvalue weighted by molar-refractivity contribution is 8.26. The number of rotatable bonds is 13. The van der Waals surface area contributed by atoms with Crippen molar-refractivity contribution >= 4 is 52.3 Å². The summed E-state index contributed by atoms with van der Waals surface area (Å²) in [5.41, 5.74) is 1.81. The van der Waals surface area contributed by atoms with Crippen molar-refractivity contribution in [3.63, 3.8) is 0 Å². The number of fused-ring (bicyclic) bond motifs is 2. The molecule has 1 aromatic heterocycles. The van der Waals surface area contributed by atoms with Gasteiger partial charge in [-0.15, -0.1) is 0 Å². The quantitative estimate of drug-likeness (QED) is 0.0806. The number of thioether (sulfide) groups is 1. The fraction of sp³-hybridized carbons (Fsp3) is 0.436. The minimum Gasteiger partial charge on any atom is -0.508 e. The predicted octanol–water partition coefficient (Wildman–Crippen LogP) is 7.16. The van der Waals surface area contributed by atoms with Crippen molar-refractivity contribution in [3.05, 3.63) is 70.3 Å². The molecule has 2 bridgehead atoms. The Balaban J connectivity index is 1.15. The van der Waals surface area contributed by atoms with Gasteiger partial charge >= 0.3 is 6.09 Å². The van der Waals surface area contributed by atoms with Crippen LogP contribution >= 0.6 is 24.0 Å². The Morgan fingerprint density at radius 3 is 2.54 bits per heavy atom. The van der Waals surface area contributed by atoms with Gasteiger partial charge in [-0.2, -0.15) is 0 Å². The zero-order valence-electron chi connectivity index (χ0n) is 29.8. The number of methoxy groups -OCH3 is 1. The van der Waals surface area contributed by atoms with Gasteiger partial charge in [0.15, 0.2) is 0 Å². The van der Waals surface area contributed by atoms with E-state index in [1.54, 1.807) is 30.3 Å². The summed E-state index contributed by atoms with van der Waals surface area (Å²) in [6, 6.07) is 13.1. The molecular weight excluding hydrogens is 703 g/mol. The Bertz CT molecular complexity index is 1870. The van der Waals surface area contributed by atoms with Gasteiger partial charge in [-0.05, 0) is 106 Å². The second kappa shape index (κ2) is 15.6. The first-order chi connectivity index (χ1) is 24.8. The SMILES string of the molecule is COc1cc(O)cc(-c2cc(CCCNC(=O)[C@H](Cc3ccc(OC(C)(C)C)cc3)NC(=O)O)c(/C=C3\SC(=S)N(C4CC5CCC4C5)C3=O)o2)c1. The van der Waals surface area contributed by atoms with E-state index in [-0.39, 0.29) is 36.3 Å². The van der Waals surface area contributed by atoms with Crippen LogP contribution < -0.4 is 20.1 Å². The van der Waals surface area contributed by atoms with Gasteiger partial charge in [0.25, 0.3) is 5.91 Å². The van der Waals surface area contributed by atoms with Crippen molar-refractivity contribution in [3.8, 4) is 28.6 Å². The van der Waals surface area contributed by atoms with Crippen LogP contribution in [-0.2, 0) is 22.4 Å². The number of ether oxygens (including phenoxy) is 2. The number of nitrogens with one attached hydrogen (secondary N) is 2. The first-order valence-corrected chi connectivity index (χ1v) is 18.8. The number of phenolic OH excluding ortho intramolecular Hbond substituents is 1. The minimum atomic E-state index is -1.29. The second-order valence-corrected chi connectivity index (χ2v) is 16.3. The summed E-state index contributed by atoms with van der Waals surface area (Å²) in [4.78, 5) is 40.8. The monoisotopic (exact) mass is 747 g/mol. The zero-order chi connectivity index (χ0) is 37.2. The van der Waals surface area contributed by atoms with E-state index in [0.29, 0.717) is 62.5 Å². The lowest BCUT2D eigenvalue weighted by Crippen LogP contribution is -2.47. The lowest BCUT2D eigenvalue weighted by atomic mass is 9.94. The van der Waals surface area contributed by atoms with E-state index in [9.17, 15) is 24.6 Å². The highest BCUT2D eigenvalue weighted by atomic mass is 32.2. The van der Waals surface area contributed by atoms with Gasteiger partial charge in [-0.3, -0.25) is 14.5 Å². The molecule has 4 N–H and O–H groups in total. The third-order valence-corrected chi connectivity index (χ3v) is 11.0. The first kappa shape index (κ1) is 37.3. The molecule has 1 aliphatic heterocycles. The molecule has 6 rings (SSSR count). The van der Waals surface area contributed by atoms with Crippen LogP contribution in [0.3, 0.4) is 0 Å². The Labute approximate surface area is 313 Å². The molecule has 3 aromatic rings. The molecule has 4 atom stereocenters. The molecule has 2 saturated carbocycles. The molecule has 0 spiro atoms. The molecule has 13 heteroatoms. The maximum atomic E-state index is 13.7. The average molecular weight is 748 g/mol. The van der Waals surface area contributed by atoms with Crippen LogP contribution in [0.15, 0.2) is 57.9 Å². The Morgan fingerprint density at radius 2 is 1.88 bits per heavy atom. The van der Waals surface area contributed by atoms with Gasteiger partial charge in [-0.25, -0.2) is 4.79 Å². The molecule has 3 amide bonds. The van der Waals surface area contributed by atoms with E-state index in [4.69, 9.17) is 26.1 Å². The summed E-state index contributed by atoms with van der Waals surface area (Å²) in [5, 5.41) is 25.0. The lowest BCUT2D eigenvalue weighted by Gasteiger charge is -2.30. The van der Waals surface area contributed by atoms with Crippen LogP contribution in [0.4, 0.5) is 4.79 Å². The van der Waals surface area contributed by atoms with E-state index in [1.807, 2.05) is 43.9 Å². The Hall–Kier alpha value is -4.49. The number of carbonyl (C=O) groups excluding carboxylic acids is 2. The van der Waals surface area contributed by atoms with Gasteiger partial charge in [0.1, 0.15) is 44.7 Å². The van der Waals surface area contributed by atoms with Crippen molar-refractivity contribution in [2.75, 3.05) is 13.7 Å². The van der Waals surface area contributed by atoms with Gasteiger partial charge < -0.3 is 34.7 Å². The standard InChI is InChI=1S/C39H45N3O8S2/c1-39(2,3)50-28-11-8-22(9-12-28)15-30(41-37(46)47)35(44)40-13-5-6-25-19-32(26-17-27(43)20-29(18-26)48-4)49-33(25)21-34-36(45)42(38(51)52-34)31-16-23-7-10-24(31)14-23/h8-9,11-12,17-21,23-24,30-31,41,43H,5-7,10,13-16H2,1-4H3,(H,40,44)(H,46,47)/b34-21-/t23?,24?,30-,31?/m0/s1. The summed E-state index contributed by atoms with van der Waals surface area (Å²) >= 11 is 7.00. The molecule has 276 valence electrons. The molecule has 2 heterocycles. The molecule has 1 saturated heterocycles. The molecule has 11 nitrogen and oxygen atoms in total.